The van der Waals surface area contributed by atoms with Crippen molar-refractivity contribution >= 4 is 0 Å². The number of hydrogen-bond acceptors (Lipinski definition) is 0. The van der Waals surface area contributed by atoms with E-state index < -0.39 is 0 Å². The molecule has 1 N–H and O–H groups in total. The maximum atomic E-state index is 3.70. The summed E-state index contributed by atoms with van der Waals surface area (Å²) < 4.78 is 2.47. The van der Waals surface area contributed by atoms with Crippen molar-refractivity contribution in [3.05, 3.63) is 90.0 Å². The van der Waals surface area contributed by atoms with Crippen molar-refractivity contribution in [1.82, 2.24) is 4.98 Å². The van der Waals surface area contributed by atoms with E-state index in [9.17, 15) is 0 Å². The first-order valence-corrected chi connectivity index (χ1v) is 15.7. The first kappa shape index (κ1) is 30.2. The van der Waals surface area contributed by atoms with Crippen molar-refractivity contribution < 1.29 is 4.57 Å². The van der Waals surface area contributed by atoms with E-state index in [1.165, 1.54) is 100 Å². The molecule has 208 valence electrons. The van der Waals surface area contributed by atoms with Crippen molar-refractivity contribution in [2.45, 2.75) is 135 Å². The van der Waals surface area contributed by atoms with Crippen LogP contribution in [0.15, 0.2) is 73.1 Å². The number of aromatic amines is 1. The topological polar surface area (TPSA) is 19.7 Å². The molecule has 0 amide bonds. The maximum absolute atomic E-state index is 3.70. The van der Waals surface area contributed by atoms with Crippen LogP contribution in [-0.2, 0) is 11.8 Å². The second-order valence-corrected chi connectivity index (χ2v) is 12.0. The summed E-state index contributed by atoms with van der Waals surface area (Å²) in [5, 5.41) is 0. The summed E-state index contributed by atoms with van der Waals surface area (Å²) >= 11 is 0. The lowest BCUT2D eigenvalue weighted by molar-refractivity contribution is -0.723. The molecule has 2 heteroatoms. The molecule has 2 aromatic carbocycles. The number of H-pyrrole nitrogens is 1. The Morgan fingerprint density at radius 3 is 1.79 bits per heavy atom. The van der Waals surface area contributed by atoms with E-state index in [1.807, 2.05) is 0 Å². The van der Waals surface area contributed by atoms with Gasteiger partial charge in [0.25, 0.3) is 5.82 Å². The summed E-state index contributed by atoms with van der Waals surface area (Å²) in [4.78, 5) is 3.70. The fraction of sp³-hybridized carbons (Fsp3) is 0.583. The minimum atomic E-state index is 0.00187. The van der Waals surface area contributed by atoms with Gasteiger partial charge in [0.2, 0.25) is 0 Å². The van der Waals surface area contributed by atoms with Gasteiger partial charge in [0.1, 0.15) is 12.4 Å². The molecule has 2 unspecified atom stereocenters. The van der Waals surface area contributed by atoms with Gasteiger partial charge < -0.3 is 0 Å². The average Bonchev–Trinajstić information content (AvgIpc) is 3.42. The van der Waals surface area contributed by atoms with Crippen molar-refractivity contribution in [2.24, 2.45) is 0 Å². The summed E-state index contributed by atoms with van der Waals surface area (Å²) in [7, 11) is 0. The predicted octanol–water partition coefficient (Wildman–Crippen LogP) is 10.3. The van der Waals surface area contributed by atoms with E-state index in [0.717, 1.165) is 6.42 Å². The van der Waals surface area contributed by atoms with Gasteiger partial charge in [-0.05, 0) is 37.8 Å². The summed E-state index contributed by atoms with van der Waals surface area (Å²) in [6.45, 7) is 9.41. The van der Waals surface area contributed by atoms with Gasteiger partial charge >= 0.3 is 0 Å². The molecule has 0 saturated carbocycles. The molecule has 0 aliphatic rings. The Balaban J connectivity index is 1.67. The number of nitrogens with one attached hydrogen (secondary N) is 1. The highest BCUT2D eigenvalue weighted by Gasteiger charge is 2.42. The molecule has 3 rings (SSSR count). The third kappa shape index (κ3) is 9.14. The molecule has 0 aliphatic carbocycles. The Labute approximate surface area is 234 Å². The Bertz CT molecular complexity index is 990. The normalized spacial score (nSPS) is 14.0. The van der Waals surface area contributed by atoms with Crippen LogP contribution in [0.2, 0.25) is 0 Å². The molecule has 0 saturated heterocycles. The molecule has 0 aliphatic heterocycles. The molecule has 3 aromatic rings. The second kappa shape index (κ2) is 16.6. The molecule has 38 heavy (non-hydrogen) atoms. The summed E-state index contributed by atoms with van der Waals surface area (Å²) in [6, 6.07) is 22.8. The van der Waals surface area contributed by atoms with Crippen LogP contribution in [0.5, 0.6) is 0 Å². The smallest absolute Gasteiger partial charge is 0.247 e. The van der Waals surface area contributed by atoms with Crippen LogP contribution in [0.4, 0.5) is 0 Å². The highest BCUT2D eigenvalue weighted by Crippen LogP contribution is 2.43. The molecule has 0 radical (unpaired) electrons. The highest BCUT2D eigenvalue weighted by atomic mass is 15.1. The third-order valence-corrected chi connectivity index (χ3v) is 8.59. The molecule has 0 fully saturated rings. The van der Waals surface area contributed by atoms with Gasteiger partial charge in [-0.1, -0.05) is 152 Å². The van der Waals surface area contributed by atoms with Crippen LogP contribution in [0.3, 0.4) is 0 Å². The first-order valence-electron chi connectivity index (χ1n) is 15.7. The van der Waals surface area contributed by atoms with Crippen molar-refractivity contribution in [3.63, 3.8) is 0 Å². The van der Waals surface area contributed by atoms with Crippen molar-refractivity contribution in [1.29, 1.82) is 0 Å². The lowest BCUT2D eigenvalue weighted by atomic mass is 9.66. The SMILES string of the molecule is CCCCCCCCCCCCCCC(c1[nH]cc[n+]1C(C)C)C(C)(Cc1ccccc1)c1ccccc1. The molecule has 2 atom stereocenters. The molecule has 1 heterocycles. The van der Waals surface area contributed by atoms with Gasteiger partial charge in [0.05, 0.1) is 12.0 Å². The minimum Gasteiger partial charge on any atom is -0.247 e. The van der Waals surface area contributed by atoms with Crippen LogP contribution >= 0.6 is 0 Å². The van der Waals surface area contributed by atoms with Gasteiger partial charge in [0.15, 0.2) is 0 Å². The molecule has 0 spiro atoms. The van der Waals surface area contributed by atoms with E-state index in [0.29, 0.717) is 12.0 Å². The summed E-state index contributed by atoms with van der Waals surface area (Å²) in [6.07, 6.45) is 23.4. The standard InChI is InChI=1S/C36H54N2/c1-5-6-7-8-9-10-11-12-13-14-15-22-27-34(35-37-28-29-38(35)31(2)3)36(4,33-25-20-17-21-26-33)30-32-23-18-16-19-24-32/h16-21,23-26,28-29,31,34H,5-15,22,27,30H2,1-4H3/p+1. The third-order valence-electron chi connectivity index (χ3n) is 8.59. The number of imidazole rings is 1. The van der Waals surface area contributed by atoms with E-state index in [4.69, 9.17) is 0 Å². The number of aromatic nitrogens is 2. The summed E-state index contributed by atoms with van der Waals surface area (Å²) in [5.41, 5.74) is 2.86. The van der Waals surface area contributed by atoms with Crippen LogP contribution in [0, 0.1) is 0 Å². The van der Waals surface area contributed by atoms with E-state index in [-0.39, 0.29) is 5.41 Å². The molecule has 0 bridgehead atoms. The Morgan fingerprint density at radius 1 is 0.711 bits per heavy atom. The van der Waals surface area contributed by atoms with Crippen LogP contribution < -0.4 is 4.57 Å². The zero-order valence-electron chi connectivity index (χ0n) is 24.9. The first-order chi connectivity index (χ1) is 18.6. The maximum Gasteiger partial charge on any atom is 0.258 e. The minimum absolute atomic E-state index is 0.00187. The monoisotopic (exact) mass is 515 g/mol. The largest absolute Gasteiger partial charge is 0.258 e. The number of nitrogens with zero attached hydrogens (tertiary/aromatic N) is 1. The summed E-state index contributed by atoms with van der Waals surface area (Å²) in [5.74, 6) is 1.80. The molecule has 1 aromatic heterocycles. The fourth-order valence-corrected chi connectivity index (χ4v) is 6.30. The Hall–Kier alpha value is -2.35. The van der Waals surface area contributed by atoms with E-state index >= 15 is 0 Å². The number of rotatable bonds is 19. The van der Waals surface area contributed by atoms with Gasteiger partial charge in [0, 0.05) is 5.41 Å². The lowest BCUT2D eigenvalue weighted by Gasteiger charge is -2.37. The van der Waals surface area contributed by atoms with Gasteiger partial charge in [-0.2, -0.15) is 0 Å². The van der Waals surface area contributed by atoms with Crippen LogP contribution in [0.25, 0.3) is 0 Å². The van der Waals surface area contributed by atoms with Crippen molar-refractivity contribution in [2.75, 3.05) is 0 Å². The van der Waals surface area contributed by atoms with Gasteiger partial charge in [-0.25, -0.2) is 9.55 Å². The van der Waals surface area contributed by atoms with Gasteiger partial charge in [-0.3, -0.25) is 0 Å². The number of benzene rings is 2. The van der Waals surface area contributed by atoms with E-state index in [2.05, 4.69) is 110 Å². The lowest BCUT2D eigenvalue weighted by Crippen LogP contribution is -2.45. The van der Waals surface area contributed by atoms with Crippen LogP contribution in [-0.4, -0.2) is 4.98 Å². The zero-order valence-corrected chi connectivity index (χ0v) is 24.9. The Morgan fingerprint density at radius 2 is 1.24 bits per heavy atom. The van der Waals surface area contributed by atoms with Crippen molar-refractivity contribution in [3.8, 4) is 0 Å². The number of hydrogen-bond donors (Lipinski definition) is 1. The zero-order chi connectivity index (χ0) is 27.1. The molecular formula is C36H55N2+. The number of unbranched alkanes of at least 4 members (excludes halogenated alkanes) is 11. The Kier molecular flexibility index (Phi) is 13.2. The average molecular weight is 516 g/mol. The predicted molar refractivity (Wildman–Crippen MR) is 164 cm³/mol. The fourth-order valence-electron chi connectivity index (χ4n) is 6.30. The van der Waals surface area contributed by atoms with E-state index in [1.54, 1.807) is 0 Å². The second-order valence-electron chi connectivity index (χ2n) is 12.0. The van der Waals surface area contributed by atoms with Gasteiger partial charge in [-0.15, -0.1) is 0 Å². The highest BCUT2D eigenvalue weighted by molar-refractivity contribution is 5.32. The molecular weight excluding hydrogens is 460 g/mol. The van der Waals surface area contributed by atoms with Crippen LogP contribution in [0.1, 0.15) is 140 Å². The quantitative estimate of drug-likeness (QED) is 0.121. The molecule has 2 nitrogen and oxygen atoms in total.